The molecule has 1 aromatic carbocycles. The third kappa shape index (κ3) is 2.54. The smallest absolute Gasteiger partial charge is 0.123 e. The molecule has 0 radical (unpaired) electrons. The maximum absolute atomic E-state index is 6.01. The lowest BCUT2D eigenvalue weighted by Gasteiger charge is -2.13. The number of aromatic nitrogens is 1. The SMILES string of the molecule is CNC1CCc2c(OCc3cncc(C)c3)cccc21. The molecule has 3 rings (SSSR count). The molecule has 1 unspecified atom stereocenters. The van der Waals surface area contributed by atoms with Crippen LogP contribution in [0.25, 0.3) is 0 Å². The summed E-state index contributed by atoms with van der Waals surface area (Å²) in [5.74, 6) is 1.02. The number of hydrogen-bond donors (Lipinski definition) is 1. The Labute approximate surface area is 120 Å². The van der Waals surface area contributed by atoms with Gasteiger partial charge in [-0.3, -0.25) is 4.98 Å². The van der Waals surface area contributed by atoms with Crippen molar-refractivity contribution in [3.05, 3.63) is 58.9 Å². The van der Waals surface area contributed by atoms with Crippen molar-refractivity contribution in [2.24, 2.45) is 0 Å². The number of fused-ring (bicyclic) bond motifs is 1. The fourth-order valence-corrected chi connectivity index (χ4v) is 2.91. The van der Waals surface area contributed by atoms with Crippen molar-refractivity contribution in [3.8, 4) is 5.75 Å². The summed E-state index contributed by atoms with van der Waals surface area (Å²) in [5.41, 5.74) is 5.02. The molecule has 0 fully saturated rings. The summed E-state index contributed by atoms with van der Waals surface area (Å²) < 4.78 is 6.01. The molecular weight excluding hydrogens is 248 g/mol. The van der Waals surface area contributed by atoms with Crippen LogP contribution in [0, 0.1) is 6.92 Å². The second kappa shape index (κ2) is 5.63. The van der Waals surface area contributed by atoms with Gasteiger partial charge in [-0.1, -0.05) is 12.1 Å². The molecule has 1 atom stereocenters. The molecule has 0 amide bonds. The van der Waals surface area contributed by atoms with Crippen LogP contribution in [0.2, 0.25) is 0 Å². The number of nitrogens with zero attached hydrogens (tertiary/aromatic N) is 1. The number of pyridine rings is 1. The topological polar surface area (TPSA) is 34.1 Å². The molecule has 0 bridgehead atoms. The monoisotopic (exact) mass is 268 g/mol. The Morgan fingerprint density at radius 1 is 1.35 bits per heavy atom. The molecule has 0 spiro atoms. The highest BCUT2D eigenvalue weighted by Gasteiger charge is 2.23. The Hall–Kier alpha value is -1.87. The highest BCUT2D eigenvalue weighted by atomic mass is 16.5. The van der Waals surface area contributed by atoms with Gasteiger partial charge in [-0.15, -0.1) is 0 Å². The standard InChI is InChI=1S/C17H20N2O/c1-12-8-13(10-19-9-12)11-20-17-5-3-4-14-15(17)6-7-16(14)18-2/h3-5,8-10,16,18H,6-7,11H2,1-2H3. The molecule has 2 aromatic rings. The number of benzene rings is 1. The predicted molar refractivity (Wildman–Crippen MR) is 79.9 cm³/mol. The Morgan fingerprint density at radius 3 is 3.05 bits per heavy atom. The number of aryl methyl sites for hydroxylation is 1. The Bertz CT molecular complexity index is 610. The summed E-state index contributed by atoms with van der Waals surface area (Å²) in [7, 11) is 2.02. The zero-order chi connectivity index (χ0) is 13.9. The molecule has 0 aliphatic heterocycles. The van der Waals surface area contributed by atoms with Gasteiger partial charge in [0.2, 0.25) is 0 Å². The first-order valence-corrected chi connectivity index (χ1v) is 7.10. The number of ether oxygens (including phenoxy) is 1. The molecule has 0 saturated carbocycles. The minimum Gasteiger partial charge on any atom is -0.489 e. The number of rotatable bonds is 4. The van der Waals surface area contributed by atoms with Crippen molar-refractivity contribution in [1.82, 2.24) is 10.3 Å². The highest BCUT2D eigenvalue weighted by Crippen LogP contribution is 2.36. The lowest BCUT2D eigenvalue weighted by atomic mass is 10.1. The zero-order valence-electron chi connectivity index (χ0n) is 12.0. The maximum atomic E-state index is 6.01. The molecule has 104 valence electrons. The van der Waals surface area contributed by atoms with Crippen LogP contribution in [0.5, 0.6) is 5.75 Å². The third-order valence-electron chi connectivity index (χ3n) is 3.90. The van der Waals surface area contributed by atoms with Gasteiger partial charge >= 0.3 is 0 Å². The maximum Gasteiger partial charge on any atom is 0.123 e. The van der Waals surface area contributed by atoms with Crippen molar-refractivity contribution in [1.29, 1.82) is 0 Å². The first kappa shape index (κ1) is 13.1. The minimum absolute atomic E-state index is 0.467. The number of hydrogen-bond acceptors (Lipinski definition) is 3. The van der Waals surface area contributed by atoms with Crippen LogP contribution in [0.15, 0.2) is 36.7 Å². The summed E-state index contributed by atoms with van der Waals surface area (Å²) >= 11 is 0. The Balaban J connectivity index is 1.77. The third-order valence-corrected chi connectivity index (χ3v) is 3.90. The van der Waals surface area contributed by atoms with E-state index in [4.69, 9.17) is 4.74 Å². The van der Waals surface area contributed by atoms with Crippen LogP contribution in [0.1, 0.15) is 34.7 Å². The van der Waals surface area contributed by atoms with E-state index in [9.17, 15) is 0 Å². The van der Waals surface area contributed by atoms with Gasteiger partial charge in [0.15, 0.2) is 0 Å². The van der Waals surface area contributed by atoms with Gasteiger partial charge in [0, 0.05) is 24.0 Å². The quantitative estimate of drug-likeness (QED) is 0.924. The second-order valence-corrected chi connectivity index (χ2v) is 5.36. The average Bonchev–Trinajstić information content (AvgIpc) is 2.89. The summed E-state index contributed by atoms with van der Waals surface area (Å²) in [4.78, 5) is 4.20. The average molecular weight is 268 g/mol. The van der Waals surface area contributed by atoms with E-state index in [0.29, 0.717) is 12.6 Å². The van der Waals surface area contributed by atoms with Crippen LogP contribution in [0.4, 0.5) is 0 Å². The Kier molecular flexibility index (Phi) is 3.70. The van der Waals surface area contributed by atoms with Gasteiger partial charge in [0.1, 0.15) is 12.4 Å². The molecule has 3 nitrogen and oxygen atoms in total. The largest absolute Gasteiger partial charge is 0.489 e. The van der Waals surface area contributed by atoms with Crippen LogP contribution >= 0.6 is 0 Å². The molecule has 0 saturated heterocycles. The van der Waals surface area contributed by atoms with Crippen LogP contribution in [0.3, 0.4) is 0 Å². The molecule has 20 heavy (non-hydrogen) atoms. The van der Waals surface area contributed by atoms with Crippen LogP contribution in [-0.2, 0) is 13.0 Å². The molecule has 1 aromatic heterocycles. The highest BCUT2D eigenvalue weighted by molar-refractivity contribution is 5.45. The van der Waals surface area contributed by atoms with Gasteiger partial charge < -0.3 is 10.1 Å². The van der Waals surface area contributed by atoms with E-state index in [1.54, 1.807) is 0 Å². The lowest BCUT2D eigenvalue weighted by molar-refractivity contribution is 0.303. The van der Waals surface area contributed by atoms with E-state index < -0.39 is 0 Å². The van der Waals surface area contributed by atoms with E-state index in [1.807, 2.05) is 26.4 Å². The van der Waals surface area contributed by atoms with Gasteiger partial charge in [0.05, 0.1) is 0 Å². The zero-order valence-corrected chi connectivity index (χ0v) is 12.0. The van der Waals surface area contributed by atoms with Crippen LogP contribution in [-0.4, -0.2) is 12.0 Å². The van der Waals surface area contributed by atoms with Gasteiger partial charge in [0.25, 0.3) is 0 Å². The van der Waals surface area contributed by atoms with E-state index in [0.717, 1.165) is 24.2 Å². The van der Waals surface area contributed by atoms with Gasteiger partial charge in [-0.2, -0.15) is 0 Å². The van der Waals surface area contributed by atoms with Crippen molar-refractivity contribution >= 4 is 0 Å². The molecule has 1 aliphatic rings. The normalized spacial score (nSPS) is 17.0. The van der Waals surface area contributed by atoms with Crippen molar-refractivity contribution in [2.45, 2.75) is 32.4 Å². The summed E-state index contributed by atoms with van der Waals surface area (Å²) in [6, 6.07) is 8.93. The van der Waals surface area contributed by atoms with Gasteiger partial charge in [-0.25, -0.2) is 0 Å². The fourth-order valence-electron chi connectivity index (χ4n) is 2.91. The minimum atomic E-state index is 0.467. The lowest BCUT2D eigenvalue weighted by Crippen LogP contribution is -2.12. The molecule has 1 N–H and O–H groups in total. The molecule has 1 aliphatic carbocycles. The molecular formula is C17H20N2O. The fraction of sp³-hybridized carbons (Fsp3) is 0.353. The summed E-state index contributed by atoms with van der Waals surface area (Å²) in [5, 5.41) is 3.36. The molecule has 3 heteroatoms. The molecule has 1 heterocycles. The van der Waals surface area contributed by atoms with Crippen LogP contribution < -0.4 is 10.1 Å². The summed E-state index contributed by atoms with van der Waals surface area (Å²) in [6.07, 6.45) is 5.97. The van der Waals surface area contributed by atoms with E-state index in [1.165, 1.54) is 16.7 Å². The van der Waals surface area contributed by atoms with Crippen molar-refractivity contribution in [3.63, 3.8) is 0 Å². The number of nitrogens with one attached hydrogen (secondary N) is 1. The Morgan fingerprint density at radius 2 is 2.25 bits per heavy atom. The van der Waals surface area contributed by atoms with E-state index in [2.05, 4.69) is 34.6 Å². The van der Waals surface area contributed by atoms with Crippen molar-refractivity contribution < 1.29 is 4.74 Å². The summed E-state index contributed by atoms with van der Waals surface area (Å²) in [6.45, 7) is 2.63. The first-order valence-electron chi connectivity index (χ1n) is 7.10. The van der Waals surface area contributed by atoms with E-state index in [-0.39, 0.29) is 0 Å². The first-order chi connectivity index (χ1) is 9.78. The van der Waals surface area contributed by atoms with Crippen molar-refractivity contribution in [2.75, 3.05) is 7.05 Å². The van der Waals surface area contributed by atoms with Gasteiger partial charge in [-0.05, 0) is 55.6 Å². The second-order valence-electron chi connectivity index (χ2n) is 5.36. The van der Waals surface area contributed by atoms with E-state index >= 15 is 0 Å². The predicted octanol–water partition coefficient (Wildman–Crippen LogP) is 3.18.